The van der Waals surface area contributed by atoms with Gasteiger partial charge < -0.3 is 19.5 Å². The lowest BCUT2D eigenvalue weighted by Crippen LogP contribution is -2.44. The van der Waals surface area contributed by atoms with Gasteiger partial charge >= 0.3 is 12.0 Å². The van der Waals surface area contributed by atoms with Gasteiger partial charge in [0, 0.05) is 11.8 Å². The number of amides is 2. The summed E-state index contributed by atoms with van der Waals surface area (Å²) < 4.78 is 9.08. The molecule has 8 nitrogen and oxygen atoms in total. The number of para-hydroxylation sites is 1. The van der Waals surface area contributed by atoms with Crippen LogP contribution in [0.15, 0.2) is 72.9 Å². The van der Waals surface area contributed by atoms with Crippen molar-refractivity contribution in [3.63, 3.8) is 0 Å². The van der Waals surface area contributed by atoms with Crippen molar-refractivity contribution in [2.45, 2.75) is 39.8 Å². The minimum atomic E-state index is -0.466. The number of ether oxygens (including phenoxy) is 1. The van der Waals surface area contributed by atoms with Crippen molar-refractivity contribution < 1.29 is 14.3 Å². The second kappa shape index (κ2) is 10.3. The van der Waals surface area contributed by atoms with Crippen LogP contribution in [0.5, 0.6) is 0 Å². The molecule has 8 heteroatoms. The quantitative estimate of drug-likeness (QED) is 0.391. The van der Waals surface area contributed by atoms with Crippen molar-refractivity contribution in [1.82, 2.24) is 24.6 Å². The molecule has 1 atom stereocenters. The van der Waals surface area contributed by atoms with E-state index in [1.165, 1.54) is 5.56 Å². The fourth-order valence-corrected chi connectivity index (χ4v) is 4.90. The molecule has 0 bridgehead atoms. The smallest absolute Gasteiger partial charge is 0.325 e. The lowest BCUT2D eigenvalue weighted by Gasteiger charge is -2.31. The highest BCUT2D eigenvalue weighted by Gasteiger charge is 2.36. The van der Waals surface area contributed by atoms with Gasteiger partial charge in [0.2, 0.25) is 0 Å². The molecule has 37 heavy (non-hydrogen) atoms. The van der Waals surface area contributed by atoms with E-state index in [9.17, 15) is 9.59 Å². The molecule has 0 saturated carbocycles. The normalized spacial score (nSPS) is 14.5. The van der Waals surface area contributed by atoms with Crippen LogP contribution in [0.4, 0.5) is 4.79 Å². The summed E-state index contributed by atoms with van der Waals surface area (Å²) in [7, 11) is 0. The number of aryl methyl sites for hydroxylation is 2. The van der Waals surface area contributed by atoms with E-state index in [1.54, 1.807) is 11.8 Å². The molecule has 1 aliphatic heterocycles. The average Bonchev–Trinajstić information content (AvgIpc) is 3.48. The van der Waals surface area contributed by atoms with E-state index >= 15 is 0 Å². The Balaban J connectivity index is 1.64. The Labute approximate surface area is 216 Å². The van der Waals surface area contributed by atoms with Crippen LogP contribution in [-0.2, 0) is 22.5 Å². The van der Waals surface area contributed by atoms with E-state index < -0.39 is 5.97 Å². The molecular formula is C29H31N5O3. The number of hydrogen-bond donors (Lipinski definition) is 1. The second-order valence-electron chi connectivity index (χ2n) is 9.03. The van der Waals surface area contributed by atoms with Crippen molar-refractivity contribution in [2.75, 3.05) is 13.2 Å². The lowest BCUT2D eigenvalue weighted by atomic mass is 10.00. The van der Waals surface area contributed by atoms with E-state index in [0.29, 0.717) is 6.54 Å². The SMILES string of the molecule is CCOC(=O)CNC(=O)N1Cc2c(C)nn(-c3ccccc3)c2-n2cccc2[C@H]1c1ccc(CC)cc1. The first-order chi connectivity index (χ1) is 18.0. The minimum Gasteiger partial charge on any atom is -0.465 e. The summed E-state index contributed by atoms with van der Waals surface area (Å²) in [6.45, 7) is 6.22. The molecule has 1 N–H and O–H groups in total. The summed E-state index contributed by atoms with van der Waals surface area (Å²) in [5, 5.41) is 7.63. The van der Waals surface area contributed by atoms with Crippen LogP contribution in [0.1, 0.15) is 48.0 Å². The number of aromatic nitrogens is 3. The number of nitrogens with zero attached hydrogens (tertiary/aromatic N) is 4. The van der Waals surface area contributed by atoms with Crippen LogP contribution < -0.4 is 5.32 Å². The number of nitrogens with one attached hydrogen (secondary N) is 1. The molecule has 2 amide bonds. The molecule has 0 fully saturated rings. The van der Waals surface area contributed by atoms with Gasteiger partial charge in [-0.25, -0.2) is 9.48 Å². The van der Waals surface area contributed by atoms with Crippen LogP contribution in [-0.4, -0.2) is 44.4 Å². The molecule has 2 aromatic heterocycles. The first-order valence-electron chi connectivity index (χ1n) is 12.6. The standard InChI is InChI=1S/C29H31N5O3/c1-4-21-13-15-22(16-14-21)27-25-12-9-17-32(25)28-24(19-33(27)29(36)30-18-26(35)37-5-2)20(3)31-34(28)23-10-7-6-8-11-23/h6-17,27H,4-5,18-19H2,1-3H3,(H,30,36)/t27-/m1/s1. The second-order valence-corrected chi connectivity index (χ2v) is 9.03. The average molecular weight is 498 g/mol. The number of carbonyl (C=O) groups excluding carboxylic acids is 2. The van der Waals surface area contributed by atoms with E-state index in [2.05, 4.69) is 41.1 Å². The van der Waals surface area contributed by atoms with Gasteiger partial charge in [0.1, 0.15) is 12.4 Å². The highest BCUT2D eigenvalue weighted by atomic mass is 16.5. The van der Waals surface area contributed by atoms with Crippen LogP contribution in [0, 0.1) is 6.92 Å². The topological polar surface area (TPSA) is 81.4 Å². The number of urea groups is 1. The fraction of sp³-hybridized carbons (Fsp3) is 0.276. The van der Waals surface area contributed by atoms with Crippen molar-refractivity contribution in [3.8, 4) is 11.5 Å². The van der Waals surface area contributed by atoms with Gasteiger partial charge in [-0.3, -0.25) is 4.79 Å². The number of carbonyl (C=O) groups is 2. The molecule has 0 radical (unpaired) electrons. The molecule has 4 aromatic rings. The molecule has 0 spiro atoms. The molecular weight excluding hydrogens is 466 g/mol. The van der Waals surface area contributed by atoms with Gasteiger partial charge in [0.25, 0.3) is 0 Å². The number of benzene rings is 2. The zero-order valence-corrected chi connectivity index (χ0v) is 21.3. The number of rotatable bonds is 6. The van der Waals surface area contributed by atoms with E-state index in [4.69, 9.17) is 9.84 Å². The van der Waals surface area contributed by atoms with Crippen LogP contribution in [0.2, 0.25) is 0 Å². The maximum Gasteiger partial charge on any atom is 0.325 e. The summed E-state index contributed by atoms with van der Waals surface area (Å²) in [6.07, 6.45) is 2.95. The van der Waals surface area contributed by atoms with Crippen LogP contribution in [0.3, 0.4) is 0 Å². The van der Waals surface area contributed by atoms with Crippen molar-refractivity contribution in [1.29, 1.82) is 0 Å². The molecule has 1 aliphatic rings. The van der Waals surface area contributed by atoms with Gasteiger partial charge in [-0.2, -0.15) is 5.10 Å². The Morgan fingerprint density at radius 2 is 1.78 bits per heavy atom. The third-order valence-corrected chi connectivity index (χ3v) is 6.74. The Hall–Kier alpha value is -4.33. The largest absolute Gasteiger partial charge is 0.465 e. The first kappa shape index (κ1) is 24.4. The van der Waals surface area contributed by atoms with Gasteiger partial charge in [-0.15, -0.1) is 0 Å². The maximum atomic E-state index is 13.7. The molecule has 0 unspecified atom stereocenters. The number of esters is 1. The molecule has 2 aromatic carbocycles. The summed E-state index contributed by atoms with van der Waals surface area (Å²) in [6, 6.07) is 21.7. The van der Waals surface area contributed by atoms with Crippen LogP contribution >= 0.6 is 0 Å². The third kappa shape index (κ3) is 4.62. The summed E-state index contributed by atoms with van der Waals surface area (Å²) >= 11 is 0. The van der Waals surface area contributed by atoms with Crippen molar-refractivity contribution in [2.24, 2.45) is 0 Å². The van der Waals surface area contributed by atoms with Crippen molar-refractivity contribution in [3.05, 3.63) is 101 Å². The number of fused-ring (bicyclic) bond motifs is 3. The zero-order chi connectivity index (χ0) is 25.9. The van der Waals surface area contributed by atoms with Crippen molar-refractivity contribution >= 4 is 12.0 Å². The summed E-state index contributed by atoms with van der Waals surface area (Å²) in [5.74, 6) is 0.436. The molecule has 5 rings (SSSR count). The third-order valence-electron chi connectivity index (χ3n) is 6.74. The van der Waals surface area contributed by atoms with Gasteiger partial charge in [0.15, 0.2) is 0 Å². The van der Waals surface area contributed by atoms with E-state index in [-0.39, 0.29) is 25.2 Å². The molecule has 190 valence electrons. The van der Waals surface area contributed by atoms with Gasteiger partial charge in [0.05, 0.1) is 36.3 Å². The van der Waals surface area contributed by atoms with Gasteiger partial charge in [-0.1, -0.05) is 49.4 Å². The van der Waals surface area contributed by atoms with Crippen LogP contribution in [0.25, 0.3) is 11.5 Å². The molecule has 0 aliphatic carbocycles. The Morgan fingerprint density at radius 3 is 2.49 bits per heavy atom. The number of hydrogen-bond acceptors (Lipinski definition) is 4. The zero-order valence-electron chi connectivity index (χ0n) is 21.3. The molecule has 3 heterocycles. The highest BCUT2D eigenvalue weighted by molar-refractivity contribution is 5.81. The fourth-order valence-electron chi connectivity index (χ4n) is 4.90. The van der Waals surface area contributed by atoms with Gasteiger partial charge in [-0.05, 0) is 55.7 Å². The summed E-state index contributed by atoms with van der Waals surface area (Å²) in [4.78, 5) is 27.5. The Bertz CT molecular complexity index is 1410. The Morgan fingerprint density at radius 1 is 1.03 bits per heavy atom. The predicted molar refractivity (Wildman–Crippen MR) is 141 cm³/mol. The monoisotopic (exact) mass is 497 g/mol. The molecule has 0 saturated heterocycles. The highest BCUT2D eigenvalue weighted by Crippen LogP contribution is 2.38. The van der Waals surface area contributed by atoms with E-state index in [1.807, 2.05) is 60.3 Å². The minimum absolute atomic E-state index is 0.194. The van der Waals surface area contributed by atoms with E-state index in [0.717, 1.165) is 40.4 Å². The lowest BCUT2D eigenvalue weighted by molar-refractivity contribution is -0.141. The maximum absolute atomic E-state index is 13.7. The summed E-state index contributed by atoms with van der Waals surface area (Å²) in [5.41, 5.74) is 5.88. The predicted octanol–water partition coefficient (Wildman–Crippen LogP) is 4.71. The first-order valence-corrected chi connectivity index (χ1v) is 12.6. The Kier molecular flexibility index (Phi) is 6.81.